The van der Waals surface area contributed by atoms with Crippen LogP contribution >= 0.6 is 0 Å². The van der Waals surface area contributed by atoms with Crippen LogP contribution in [0.5, 0.6) is 0 Å². The maximum atomic E-state index is 11.4. The molecule has 0 spiro atoms. The van der Waals surface area contributed by atoms with E-state index in [1.165, 1.54) is 12.8 Å². The molecule has 0 aromatic carbocycles. The molecular weight excluding hydrogens is 360 g/mol. The predicted molar refractivity (Wildman–Crippen MR) is 129 cm³/mol. The van der Waals surface area contributed by atoms with Crippen LogP contribution in [0, 0.1) is 5.41 Å². The van der Waals surface area contributed by atoms with E-state index in [2.05, 4.69) is 26.0 Å². The molecule has 0 aliphatic carbocycles. The lowest BCUT2D eigenvalue weighted by Crippen LogP contribution is -2.43. The monoisotopic (exact) mass is 412 g/mol. The molecule has 29 heavy (non-hydrogen) atoms. The number of carbonyl (C=O) groups is 2. The Morgan fingerprint density at radius 2 is 1.28 bits per heavy atom. The molecule has 2 unspecified atom stereocenters. The summed E-state index contributed by atoms with van der Waals surface area (Å²) in [5, 5.41) is 0. The van der Waals surface area contributed by atoms with Crippen LogP contribution in [-0.2, 0) is 9.59 Å². The maximum Gasteiger partial charge on any atom is 0.223 e. The summed E-state index contributed by atoms with van der Waals surface area (Å²) in [7, 11) is 0. The van der Waals surface area contributed by atoms with Crippen LogP contribution < -0.4 is 0 Å². The molecule has 4 nitrogen and oxygen atoms in total. The molecule has 2 atom stereocenters. The number of piperidine rings is 1. The Labute approximate surface area is 183 Å². The van der Waals surface area contributed by atoms with Crippen molar-refractivity contribution in [1.82, 2.24) is 9.80 Å². The molecule has 0 bridgehead atoms. The Bertz CT molecular complexity index is 432. The number of rotatable bonds is 2. The number of hydrogen-bond acceptors (Lipinski definition) is 2. The second kappa shape index (κ2) is 18.7. The van der Waals surface area contributed by atoms with Crippen molar-refractivity contribution in [2.24, 2.45) is 5.41 Å². The molecule has 0 radical (unpaired) electrons. The molecule has 2 aliphatic rings. The molecule has 2 heterocycles. The van der Waals surface area contributed by atoms with E-state index in [9.17, 15) is 9.59 Å². The van der Waals surface area contributed by atoms with E-state index in [-0.39, 0.29) is 18.0 Å². The Morgan fingerprint density at radius 3 is 1.62 bits per heavy atom. The summed E-state index contributed by atoms with van der Waals surface area (Å²) in [6.45, 7) is 26.3. The van der Waals surface area contributed by atoms with Gasteiger partial charge in [-0.3, -0.25) is 9.59 Å². The molecular formula is C25H52N2O2. The standard InChI is InChI=1S/C10H19NO.C9H15NO.3C2H6/c1-4-9(12)11-7-5-6-10(2,3)8-11;1-4-9(11)10-7(2)5-6-8(10)3;3*1-2/h4-8H2,1-3H3;5-8H,4H2,1-3H3;3*1-2H3. The minimum Gasteiger partial charge on any atom is -0.342 e. The van der Waals surface area contributed by atoms with Crippen LogP contribution in [0.15, 0.2) is 12.2 Å². The second-order valence-electron chi connectivity index (χ2n) is 7.46. The molecule has 2 rings (SSSR count). The predicted octanol–water partition coefficient (Wildman–Crippen LogP) is 6.70. The molecule has 0 N–H and O–H groups in total. The zero-order chi connectivity index (χ0) is 23.6. The summed E-state index contributed by atoms with van der Waals surface area (Å²) < 4.78 is 0. The Morgan fingerprint density at radius 1 is 0.862 bits per heavy atom. The summed E-state index contributed by atoms with van der Waals surface area (Å²) >= 11 is 0. The smallest absolute Gasteiger partial charge is 0.223 e. The lowest BCUT2D eigenvalue weighted by atomic mass is 9.84. The highest BCUT2D eigenvalue weighted by Crippen LogP contribution is 2.28. The van der Waals surface area contributed by atoms with Crippen LogP contribution in [-0.4, -0.2) is 46.8 Å². The van der Waals surface area contributed by atoms with Crippen LogP contribution in [0.25, 0.3) is 0 Å². The molecule has 1 fully saturated rings. The first kappa shape index (κ1) is 32.3. The SMILES string of the molecule is CC.CC.CC.CCC(=O)N1C(C)C=CC1C.CCC(=O)N1CCCC(C)(C)C1. The van der Waals surface area contributed by atoms with E-state index >= 15 is 0 Å². The molecule has 4 heteroatoms. The fraction of sp³-hybridized carbons (Fsp3) is 0.840. The highest BCUT2D eigenvalue weighted by atomic mass is 16.2. The van der Waals surface area contributed by atoms with Crippen LogP contribution in [0.4, 0.5) is 0 Å². The van der Waals surface area contributed by atoms with Gasteiger partial charge in [-0.05, 0) is 32.1 Å². The van der Waals surface area contributed by atoms with E-state index in [0.29, 0.717) is 24.2 Å². The van der Waals surface area contributed by atoms with E-state index in [1.54, 1.807) is 0 Å². The summed E-state index contributed by atoms with van der Waals surface area (Å²) in [5.41, 5.74) is 0.336. The molecule has 2 aliphatic heterocycles. The van der Waals surface area contributed by atoms with Gasteiger partial charge >= 0.3 is 0 Å². The fourth-order valence-corrected chi connectivity index (χ4v) is 3.37. The minimum atomic E-state index is 0.245. The number of nitrogens with zero attached hydrogens (tertiary/aromatic N) is 2. The van der Waals surface area contributed by atoms with Gasteiger partial charge in [0.05, 0.1) is 0 Å². The van der Waals surface area contributed by atoms with Gasteiger partial charge in [-0.25, -0.2) is 0 Å². The van der Waals surface area contributed by atoms with Gasteiger partial charge in [0, 0.05) is 38.0 Å². The van der Waals surface area contributed by atoms with Crippen molar-refractivity contribution in [3.63, 3.8) is 0 Å². The van der Waals surface area contributed by atoms with Crippen molar-refractivity contribution in [2.75, 3.05) is 13.1 Å². The third kappa shape index (κ3) is 12.8. The Hall–Kier alpha value is -1.32. The first-order valence-electron chi connectivity index (χ1n) is 12.0. The van der Waals surface area contributed by atoms with Crippen LogP contribution in [0.3, 0.4) is 0 Å². The van der Waals surface area contributed by atoms with Gasteiger partial charge in [0.1, 0.15) is 0 Å². The quantitative estimate of drug-likeness (QED) is 0.474. The molecule has 2 amide bonds. The number of carbonyl (C=O) groups excluding carboxylic acids is 2. The number of likely N-dealkylation sites (tertiary alicyclic amines) is 1. The molecule has 1 saturated heterocycles. The summed E-state index contributed by atoms with van der Waals surface area (Å²) in [4.78, 5) is 26.6. The van der Waals surface area contributed by atoms with Crippen LogP contribution in [0.1, 0.15) is 109 Å². The van der Waals surface area contributed by atoms with E-state index in [1.807, 2.05) is 79.0 Å². The maximum absolute atomic E-state index is 11.4. The topological polar surface area (TPSA) is 40.6 Å². The first-order chi connectivity index (χ1) is 13.7. The lowest BCUT2D eigenvalue weighted by Gasteiger charge is -2.37. The van der Waals surface area contributed by atoms with Gasteiger partial charge in [-0.2, -0.15) is 0 Å². The second-order valence-corrected chi connectivity index (χ2v) is 7.46. The van der Waals surface area contributed by atoms with E-state index < -0.39 is 0 Å². The normalized spacial score (nSPS) is 21.1. The zero-order valence-electron chi connectivity index (χ0n) is 21.8. The molecule has 0 saturated carbocycles. The highest BCUT2D eigenvalue weighted by molar-refractivity contribution is 5.77. The Balaban J connectivity index is -0.000000371. The molecule has 0 aromatic rings. The van der Waals surface area contributed by atoms with E-state index in [4.69, 9.17) is 0 Å². The average molecular weight is 413 g/mol. The van der Waals surface area contributed by atoms with E-state index in [0.717, 1.165) is 13.1 Å². The van der Waals surface area contributed by atoms with Gasteiger partial charge < -0.3 is 9.80 Å². The highest BCUT2D eigenvalue weighted by Gasteiger charge is 2.28. The third-order valence-electron chi connectivity index (χ3n) is 4.69. The van der Waals surface area contributed by atoms with Gasteiger partial charge in [0.25, 0.3) is 0 Å². The van der Waals surface area contributed by atoms with Gasteiger partial charge in [-0.15, -0.1) is 0 Å². The lowest BCUT2D eigenvalue weighted by molar-refractivity contribution is -0.134. The average Bonchev–Trinajstić information content (AvgIpc) is 3.09. The first-order valence-corrected chi connectivity index (χ1v) is 12.0. The summed E-state index contributed by atoms with van der Waals surface area (Å²) in [6, 6.07) is 0.579. The van der Waals surface area contributed by atoms with Gasteiger partial charge in [0.2, 0.25) is 11.8 Å². The number of amides is 2. The fourth-order valence-electron chi connectivity index (χ4n) is 3.37. The van der Waals surface area contributed by atoms with Crippen molar-refractivity contribution in [1.29, 1.82) is 0 Å². The van der Waals surface area contributed by atoms with Crippen LogP contribution in [0.2, 0.25) is 0 Å². The third-order valence-corrected chi connectivity index (χ3v) is 4.69. The Kier molecular flexibility index (Phi) is 20.9. The van der Waals surface area contributed by atoms with Gasteiger partial charge in [0.15, 0.2) is 0 Å². The van der Waals surface area contributed by atoms with Crippen molar-refractivity contribution in [3.05, 3.63) is 12.2 Å². The van der Waals surface area contributed by atoms with Gasteiger partial charge in [-0.1, -0.05) is 81.4 Å². The zero-order valence-corrected chi connectivity index (χ0v) is 21.8. The molecule has 0 aromatic heterocycles. The largest absolute Gasteiger partial charge is 0.342 e. The van der Waals surface area contributed by atoms with Crippen molar-refractivity contribution in [2.45, 2.75) is 121 Å². The summed E-state index contributed by atoms with van der Waals surface area (Å²) in [5.74, 6) is 0.553. The van der Waals surface area contributed by atoms with Crippen molar-refractivity contribution in [3.8, 4) is 0 Å². The number of hydrogen-bond donors (Lipinski definition) is 0. The summed E-state index contributed by atoms with van der Waals surface area (Å²) in [6.07, 6.45) is 7.84. The van der Waals surface area contributed by atoms with Crippen molar-refractivity contribution >= 4 is 11.8 Å². The minimum absolute atomic E-state index is 0.245. The molecule has 174 valence electrons. The van der Waals surface area contributed by atoms with Crippen molar-refractivity contribution < 1.29 is 9.59 Å².